The smallest absolute Gasteiger partial charge is 0.0540 e. The molecule has 0 saturated heterocycles. The monoisotopic (exact) mass is 673 g/mol. The first-order valence-corrected chi connectivity index (χ1v) is 18.3. The van der Waals surface area contributed by atoms with Crippen LogP contribution in [0.5, 0.6) is 0 Å². The van der Waals surface area contributed by atoms with Crippen LogP contribution in [0.4, 0.5) is 17.1 Å². The molecule has 10 aromatic carbocycles. The van der Waals surface area contributed by atoms with E-state index in [-0.39, 0.29) is 0 Å². The van der Waals surface area contributed by atoms with Crippen LogP contribution in [-0.2, 0) is 0 Å². The standard InChI is InChI=1S/C52H35N/c1-2-11-38(12-3-1)48-17-8-9-20-51(48)53(45-33-29-40(30-34-45)47-19-10-15-37-13-4-6-16-46(37)47)44-31-27-36(28-32-44)43-26-23-41-22-25-42-24-21-39-14-5-7-18-49(39)52(42)50(41)35-43/h1-35H. The summed E-state index contributed by atoms with van der Waals surface area (Å²) in [5.74, 6) is 0. The summed E-state index contributed by atoms with van der Waals surface area (Å²) in [5, 5.41) is 10.2. The van der Waals surface area contributed by atoms with Crippen molar-refractivity contribution >= 4 is 60.2 Å². The molecule has 0 aliphatic heterocycles. The van der Waals surface area contributed by atoms with E-state index in [1.165, 1.54) is 76.5 Å². The average Bonchev–Trinajstić information content (AvgIpc) is 3.24. The van der Waals surface area contributed by atoms with E-state index in [0.29, 0.717) is 0 Å². The summed E-state index contributed by atoms with van der Waals surface area (Å²) in [6.07, 6.45) is 0. The van der Waals surface area contributed by atoms with Gasteiger partial charge in [-0.3, -0.25) is 0 Å². The van der Waals surface area contributed by atoms with Crippen molar-refractivity contribution in [3.05, 3.63) is 212 Å². The van der Waals surface area contributed by atoms with Gasteiger partial charge in [0.15, 0.2) is 0 Å². The van der Waals surface area contributed by atoms with E-state index in [1.807, 2.05) is 0 Å². The third kappa shape index (κ3) is 5.51. The molecule has 0 N–H and O–H groups in total. The van der Waals surface area contributed by atoms with Gasteiger partial charge in [-0.15, -0.1) is 0 Å². The van der Waals surface area contributed by atoms with Gasteiger partial charge < -0.3 is 4.90 Å². The van der Waals surface area contributed by atoms with Crippen LogP contribution in [0.15, 0.2) is 212 Å². The molecule has 10 aromatic rings. The van der Waals surface area contributed by atoms with Crippen LogP contribution in [0.2, 0.25) is 0 Å². The van der Waals surface area contributed by atoms with E-state index < -0.39 is 0 Å². The number of nitrogens with zero attached hydrogens (tertiary/aromatic N) is 1. The van der Waals surface area contributed by atoms with Crippen molar-refractivity contribution < 1.29 is 0 Å². The van der Waals surface area contributed by atoms with E-state index in [0.717, 1.165) is 17.1 Å². The minimum Gasteiger partial charge on any atom is -0.310 e. The lowest BCUT2D eigenvalue weighted by atomic mass is 9.94. The summed E-state index contributed by atoms with van der Waals surface area (Å²) in [6.45, 7) is 0. The number of para-hydroxylation sites is 1. The van der Waals surface area contributed by atoms with Gasteiger partial charge in [-0.2, -0.15) is 0 Å². The first-order chi connectivity index (χ1) is 26.3. The summed E-state index contributed by atoms with van der Waals surface area (Å²) >= 11 is 0. The van der Waals surface area contributed by atoms with E-state index in [2.05, 4.69) is 217 Å². The van der Waals surface area contributed by atoms with Gasteiger partial charge in [0.1, 0.15) is 0 Å². The van der Waals surface area contributed by atoms with Crippen LogP contribution >= 0.6 is 0 Å². The molecule has 0 heterocycles. The predicted octanol–water partition coefficient (Wildman–Crippen LogP) is 14.8. The van der Waals surface area contributed by atoms with Crippen LogP contribution in [0, 0.1) is 0 Å². The molecule has 0 amide bonds. The minimum absolute atomic E-state index is 1.10. The zero-order valence-electron chi connectivity index (χ0n) is 29.2. The molecule has 0 radical (unpaired) electrons. The van der Waals surface area contributed by atoms with Crippen LogP contribution in [0.25, 0.3) is 76.5 Å². The molecule has 0 atom stereocenters. The summed E-state index contributed by atoms with van der Waals surface area (Å²) < 4.78 is 0. The summed E-state index contributed by atoms with van der Waals surface area (Å²) in [5.41, 5.74) is 10.6. The molecule has 1 heteroatoms. The largest absolute Gasteiger partial charge is 0.310 e. The zero-order valence-corrected chi connectivity index (χ0v) is 29.2. The Bertz CT molecular complexity index is 2910. The minimum atomic E-state index is 1.10. The lowest BCUT2D eigenvalue weighted by Crippen LogP contribution is -2.11. The molecule has 53 heavy (non-hydrogen) atoms. The number of fused-ring (bicyclic) bond motifs is 6. The maximum absolute atomic E-state index is 2.39. The highest BCUT2D eigenvalue weighted by Gasteiger charge is 2.18. The number of benzene rings is 10. The lowest BCUT2D eigenvalue weighted by molar-refractivity contribution is 1.28. The average molecular weight is 674 g/mol. The van der Waals surface area contributed by atoms with Crippen molar-refractivity contribution in [2.45, 2.75) is 0 Å². The predicted molar refractivity (Wildman–Crippen MR) is 227 cm³/mol. The molecular formula is C52H35N. The maximum atomic E-state index is 2.39. The Morgan fingerprint density at radius 2 is 0.755 bits per heavy atom. The van der Waals surface area contributed by atoms with E-state index in [4.69, 9.17) is 0 Å². The Kier molecular flexibility index (Phi) is 7.55. The molecular weight excluding hydrogens is 639 g/mol. The van der Waals surface area contributed by atoms with Gasteiger partial charge in [0.2, 0.25) is 0 Å². The van der Waals surface area contributed by atoms with E-state index in [9.17, 15) is 0 Å². The summed E-state index contributed by atoms with van der Waals surface area (Å²) in [4.78, 5) is 2.39. The second kappa shape index (κ2) is 13.0. The first kappa shape index (κ1) is 30.8. The van der Waals surface area contributed by atoms with Crippen LogP contribution in [0.1, 0.15) is 0 Å². The highest BCUT2D eigenvalue weighted by atomic mass is 15.1. The molecule has 0 fully saturated rings. The van der Waals surface area contributed by atoms with Crippen molar-refractivity contribution in [3.8, 4) is 33.4 Å². The van der Waals surface area contributed by atoms with Crippen molar-refractivity contribution in [1.29, 1.82) is 0 Å². The molecule has 0 aliphatic carbocycles. The van der Waals surface area contributed by atoms with Gasteiger partial charge in [0, 0.05) is 16.9 Å². The molecule has 0 saturated carbocycles. The molecule has 248 valence electrons. The Morgan fingerprint density at radius 1 is 0.264 bits per heavy atom. The van der Waals surface area contributed by atoms with Gasteiger partial charge in [-0.25, -0.2) is 0 Å². The number of rotatable bonds is 6. The highest BCUT2D eigenvalue weighted by Crippen LogP contribution is 2.42. The second-order valence-corrected chi connectivity index (χ2v) is 13.7. The Hall–Kier alpha value is -6.96. The number of anilines is 3. The van der Waals surface area contributed by atoms with Crippen LogP contribution in [-0.4, -0.2) is 0 Å². The summed E-state index contributed by atoms with van der Waals surface area (Å²) in [7, 11) is 0. The quantitative estimate of drug-likeness (QED) is 0.159. The molecule has 1 nitrogen and oxygen atoms in total. The first-order valence-electron chi connectivity index (χ1n) is 18.3. The highest BCUT2D eigenvalue weighted by molar-refractivity contribution is 6.20. The SMILES string of the molecule is c1ccc(-c2ccccc2N(c2ccc(-c3ccc4ccc5ccc6ccccc6c5c4c3)cc2)c2ccc(-c3cccc4ccccc34)cc2)cc1. The van der Waals surface area contributed by atoms with Gasteiger partial charge in [-0.1, -0.05) is 176 Å². The number of hydrogen-bond donors (Lipinski definition) is 0. The zero-order chi connectivity index (χ0) is 35.1. The molecule has 0 aliphatic rings. The third-order valence-corrected chi connectivity index (χ3v) is 10.6. The third-order valence-electron chi connectivity index (χ3n) is 10.6. The Labute approximate surface area is 309 Å². The number of hydrogen-bond acceptors (Lipinski definition) is 1. The van der Waals surface area contributed by atoms with E-state index in [1.54, 1.807) is 0 Å². The van der Waals surface area contributed by atoms with Crippen molar-refractivity contribution in [1.82, 2.24) is 0 Å². The molecule has 0 aromatic heterocycles. The van der Waals surface area contributed by atoms with Gasteiger partial charge >= 0.3 is 0 Å². The topological polar surface area (TPSA) is 3.24 Å². The second-order valence-electron chi connectivity index (χ2n) is 13.7. The maximum Gasteiger partial charge on any atom is 0.0540 e. The fourth-order valence-corrected chi connectivity index (χ4v) is 8.03. The lowest BCUT2D eigenvalue weighted by Gasteiger charge is -2.28. The van der Waals surface area contributed by atoms with Gasteiger partial charge in [0.25, 0.3) is 0 Å². The van der Waals surface area contributed by atoms with Crippen LogP contribution < -0.4 is 4.90 Å². The summed E-state index contributed by atoms with van der Waals surface area (Å²) in [6, 6.07) is 77.2. The van der Waals surface area contributed by atoms with E-state index >= 15 is 0 Å². The normalized spacial score (nSPS) is 11.4. The Morgan fingerprint density at radius 3 is 1.51 bits per heavy atom. The Balaban J connectivity index is 1.09. The van der Waals surface area contributed by atoms with Crippen molar-refractivity contribution in [3.63, 3.8) is 0 Å². The molecule has 10 rings (SSSR count). The van der Waals surface area contributed by atoms with Gasteiger partial charge in [0.05, 0.1) is 5.69 Å². The molecule has 0 unspecified atom stereocenters. The van der Waals surface area contributed by atoms with Gasteiger partial charge in [-0.05, 0) is 107 Å². The van der Waals surface area contributed by atoms with Crippen molar-refractivity contribution in [2.75, 3.05) is 4.90 Å². The fourth-order valence-electron chi connectivity index (χ4n) is 8.03. The fraction of sp³-hybridized carbons (Fsp3) is 0. The molecule has 0 spiro atoms. The van der Waals surface area contributed by atoms with Crippen molar-refractivity contribution in [2.24, 2.45) is 0 Å². The van der Waals surface area contributed by atoms with Crippen LogP contribution in [0.3, 0.4) is 0 Å². The molecule has 0 bridgehead atoms.